The summed E-state index contributed by atoms with van der Waals surface area (Å²) in [5.41, 5.74) is 1.71. The number of ether oxygens (including phenoxy) is 1. The number of benzene rings is 3. The molecule has 0 N–H and O–H groups in total. The highest BCUT2D eigenvalue weighted by atomic mass is 16.5. The zero-order valence-corrected chi connectivity index (χ0v) is 16.7. The van der Waals surface area contributed by atoms with Crippen LogP contribution in [0.2, 0.25) is 0 Å². The fourth-order valence-corrected chi connectivity index (χ4v) is 4.06. The van der Waals surface area contributed by atoms with Gasteiger partial charge in [0.05, 0.1) is 5.56 Å². The first-order valence-electron chi connectivity index (χ1n) is 10.1. The van der Waals surface area contributed by atoms with E-state index in [2.05, 4.69) is 0 Å². The molecule has 1 saturated heterocycles. The van der Waals surface area contributed by atoms with Crippen molar-refractivity contribution in [2.24, 2.45) is 0 Å². The number of hydrogen-bond donors (Lipinski definition) is 0. The van der Waals surface area contributed by atoms with Crippen LogP contribution in [0.3, 0.4) is 0 Å². The molecule has 6 heteroatoms. The summed E-state index contributed by atoms with van der Waals surface area (Å²) >= 11 is 0. The molecule has 1 fully saturated rings. The first-order valence-corrected chi connectivity index (χ1v) is 10.1. The Kier molecular flexibility index (Phi) is 4.75. The molecule has 6 nitrogen and oxygen atoms in total. The van der Waals surface area contributed by atoms with Crippen molar-refractivity contribution in [3.05, 3.63) is 88.3 Å². The summed E-state index contributed by atoms with van der Waals surface area (Å²) in [6.45, 7) is 0.640. The minimum Gasteiger partial charge on any atom is -0.457 e. The molecule has 1 aliphatic rings. The lowest BCUT2D eigenvalue weighted by atomic mass is 10.0. The minimum atomic E-state index is -0.499. The molecule has 0 radical (unpaired) electrons. The van der Waals surface area contributed by atoms with Crippen LogP contribution in [0, 0.1) is 0 Å². The minimum absolute atomic E-state index is 0.0543. The summed E-state index contributed by atoms with van der Waals surface area (Å²) in [5.74, 6) is -0.404. The van der Waals surface area contributed by atoms with Crippen LogP contribution in [-0.4, -0.2) is 18.4 Å². The summed E-state index contributed by atoms with van der Waals surface area (Å²) in [6.07, 6.45) is 1.40. The van der Waals surface area contributed by atoms with Crippen molar-refractivity contribution in [3.63, 3.8) is 0 Å². The average Bonchev–Trinajstić information content (AvgIpc) is 3.22. The molecule has 1 amide bonds. The summed E-state index contributed by atoms with van der Waals surface area (Å²) in [5, 5.41) is 2.69. The van der Waals surface area contributed by atoms with Gasteiger partial charge in [-0.2, -0.15) is 0 Å². The standard InChI is InChI=1S/C25H19NO5/c27-22-6-3-13-26(22)19-10-7-17(8-11-19)25(29)30-15-18-14-23(28)31-21-12-9-16-4-1-2-5-20(16)24(18)21/h1-2,4-5,7-12,14H,3,6,13,15H2. The molecular formula is C25H19NO5. The average molecular weight is 413 g/mol. The Morgan fingerprint density at radius 2 is 1.81 bits per heavy atom. The van der Waals surface area contributed by atoms with E-state index >= 15 is 0 Å². The second-order valence-corrected chi connectivity index (χ2v) is 7.52. The fraction of sp³-hybridized carbons (Fsp3) is 0.160. The maximum Gasteiger partial charge on any atom is 0.338 e. The Morgan fingerprint density at radius 3 is 2.58 bits per heavy atom. The first kappa shape index (κ1) is 19.1. The Labute approximate surface area is 177 Å². The van der Waals surface area contributed by atoms with E-state index in [0.29, 0.717) is 29.7 Å². The monoisotopic (exact) mass is 413 g/mol. The number of rotatable bonds is 4. The Hall–Kier alpha value is -3.93. The predicted molar refractivity (Wildman–Crippen MR) is 117 cm³/mol. The van der Waals surface area contributed by atoms with E-state index in [-0.39, 0.29) is 12.5 Å². The normalized spacial score (nSPS) is 13.8. The summed E-state index contributed by atoms with van der Waals surface area (Å²) < 4.78 is 10.9. The number of hydrogen-bond acceptors (Lipinski definition) is 5. The molecule has 0 bridgehead atoms. The maximum absolute atomic E-state index is 12.6. The van der Waals surface area contributed by atoms with Crippen molar-refractivity contribution in [2.45, 2.75) is 19.4 Å². The third kappa shape index (κ3) is 3.57. The van der Waals surface area contributed by atoms with Crippen LogP contribution < -0.4 is 10.5 Å². The second-order valence-electron chi connectivity index (χ2n) is 7.52. The van der Waals surface area contributed by atoms with Gasteiger partial charge in [-0.15, -0.1) is 0 Å². The van der Waals surface area contributed by atoms with Gasteiger partial charge in [-0.05, 0) is 47.5 Å². The number of amides is 1. The van der Waals surface area contributed by atoms with Gasteiger partial charge in [0, 0.05) is 35.7 Å². The predicted octanol–water partition coefficient (Wildman–Crippen LogP) is 4.43. The molecule has 0 aliphatic carbocycles. The van der Waals surface area contributed by atoms with Crippen LogP contribution in [0.4, 0.5) is 5.69 Å². The van der Waals surface area contributed by atoms with Crippen molar-refractivity contribution in [1.82, 2.24) is 0 Å². The summed E-state index contributed by atoms with van der Waals surface area (Å²) in [4.78, 5) is 38.2. The first-order chi connectivity index (χ1) is 15.1. The van der Waals surface area contributed by atoms with Crippen molar-refractivity contribution < 1.29 is 18.7 Å². The zero-order valence-electron chi connectivity index (χ0n) is 16.7. The zero-order chi connectivity index (χ0) is 21.4. The lowest BCUT2D eigenvalue weighted by Gasteiger charge is -2.15. The number of nitrogens with zero attached hydrogens (tertiary/aromatic N) is 1. The molecule has 1 aromatic heterocycles. The number of fused-ring (bicyclic) bond motifs is 3. The van der Waals surface area contributed by atoms with E-state index in [9.17, 15) is 14.4 Å². The second kappa shape index (κ2) is 7.72. The number of carbonyl (C=O) groups excluding carboxylic acids is 2. The van der Waals surface area contributed by atoms with Crippen molar-refractivity contribution in [3.8, 4) is 0 Å². The van der Waals surface area contributed by atoms with Gasteiger partial charge in [0.15, 0.2) is 0 Å². The maximum atomic E-state index is 12.6. The number of carbonyl (C=O) groups is 2. The van der Waals surface area contributed by atoms with E-state index in [1.54, 1.807) is 35.2 Å². The highest BCUT2D eigenvalue weighted by Crippen LogP contribution is 2.28. The van der Waals surface area contributed by atoms with E-state index in [1.807, 2.05) is 30.3 Å². The van der Waals surface area contributed by atoms with Gasteiger partial charge in [-0.1, -0.05) is 30.3 Å². The van der Waals surface area contributed by atoms with Gasteiger partial charge in [0.25, 0.3) is 0 Å². The van der Waals surface area contributed by atoms with Crippen molar-refractivity contribution in [1.29, 1.82) is 0 Å². The molecule has 0 spiro atoms. The van der Waals surface area contributed by atoms with Crippen molar-refractivity contribution in [2.75, 3.05) is 11.4 Å². The molecule has 3 aromatic carbocycles. The van der Waals surface area contributed by atoms with E-state index in [4.69, 9.17) is 9.15 Å². The van der Waals surface area contributed by atoms with Crippen LogP contribution in [-0.2, 0) is 16.1 Å². The molecule has 31 heavy (non-hydrogen) atoms. The summed E-state index contributed by atoms with van der Waals surface area (Å²) in [6, 6.07) is 19.6. The highest BCUT2D eigenvalue weighted by Gasteiger charge is 2.22. The quantitative estimate of drug-likeness (QED) is 0.281. The molecule has 0 atom stereocenters. The van der Waals surface area contributed by atoms with Gasteiger partial charge < -0.3 is 14.1 Å². The Morgan fingerprint density at radius 1 is 1.00 bits per heavy atom. The molecule has 0 unspecified atom stereocenters. The van der Waals surface area contributed by atoms with Gasteiger partial charge in [0.1, 0.15) is 12.2 Å². The third-order valence-corrected chi connectivity index (χ3v) is 5.56. The highest BCUT2D eigenvalue weighted by molar-refractivity contribution is 6.07. The Bertz CT molecular complexity index is 1370. The number of anilines is 1. The van der Waals surface area contributed by atoms with Crippen molar-refractivity contribution >= 4 is 39.3 Å². The molecule has 2 heterocycles. The topological polar surface area (TPSA) is 76.8 Å². The van der Waals surface area contributed by atoms with Crippen LogP contribution >= 0.6 is 0 Å². The largest absolute Gasteiger partial charge is 0.457 e. The lowest BCUT2D eigenvalue weighted by Crippen LogP contribution is -2.23. The van der Waals surface area contributed by atoms with Gasteiger partial charge in [-0.25, -0.2) is 9.59 Å². The summed E-state index contributed by atoms with van der Waals surface area (Å²) in [7, 11) is 0. The number of esters is 1. The molecule has 4 aromatic rings. The molecular weight excluding hydrogens is 394 g/mol. The van der Waals surface area contributed by atoms with E-state index in [0.717, 1.165) is 28.3 Å². The van der Waals surface area contributed by atoms with E-state index in [1.165, 1.54) is 6.07 Å². The Balaban J connectivity index is 1.40. The van der Waals surface area contributed by atoms with Gasteiger partial charge in [-0.3, -0.25) is 4.79 Å². The molecule has 154 valence electrons. The molecule has 5 rings (SSSR count). The van der Waals surface area contributed by atoms with Crippen LogP contribution in [0.25, 0.3) is 21.7 Å². The van der Waals surface area contributed by atoms with E-state index < -0.39 is 11.6 Å². The molecule has 0 saturated carbocycles. The van der Waals surface area contributed by atoms with Crippen LogP contribution in [0.5, 0.6) is 0 Å². The third-order valence-electron chi connectivity index (χ3n) is 5.56. The smallest absolute Gasteiger partial charge is 0.338 e. The van der Waals surface area contributed by atoms with Gasteiger partial charge in [0.2, 0.25) is 5.91 Å². The van der Waals surface area contributed by atoms with Crippen LogP contribution in [0.15, 0.2) is 75.9 Å². The fourth-order valence-electron chi connectivity index (χ4n) is 4.06. The van der Waals surface area contributed by atoms with Crippen LogP contribution in [0.1, 0.15) is 28.8 Å². The SMILES string of the molecule is O=C(OCc1cc(=O)oc2ccc3ccccc3c12)c1ccc(N2CCCC2=O)cc1. The van der Waals surface area contributed by atoms with Gasteiger partial charge >= 0.3 is 11.6 Å². The molecule has 1 aliphatic heterocycles. The lowest BCUT2D eigenvalue weighted by molar-refractivity contribution is -0.117.